The van der Waals surface area contributed by atoms with Crippen LogP contribution in [0.15, 0.2) is 24.3 Å². The number of ether oxygens (including phenoxy) is 1. The highest BCUT2D eigenvalue weighted by Gasteiger charge is 2.43. The number of phenolic OH excluding ortho intramolecular Hbond substituents is 1. The molecule has 1 saturated heterocycles. The molecule has 0 saturated carbocycles. The minimum Gasteiger partial charge on any atom is -0.506 e. The molecule has 1 aliphatic rings. The van der Waals surface area contributed by atoms with Crippen LogP contribution in [-0.2, 0) is 14.3 Å². The van der Waals surface area contributed by atoms with Gasteiger partial charge in [-0.05, 0) is 19.1 Å². The second-order valence-corrected chi connectivity index (χ2v) is 4.29. The van der Waals surface area contributed by atoms with Gasteiger partial charge in [-0.2, -0.15) is 0 Å². The molecule has 1 fully saturated rings. The number of para-hydroxylation sites is 2. The summed E-state index contributed by atoms with van der Waals surface area (Å²) in [6.07, 6.45) is 0. The van der Waals surface area contributed by atoms with E-state index in [2.05, 4.69) is 0 Å². The van der Waals surface area contributed by atoms with Crippen molar-refractivity contribution in [3.05, 3.63) is 24.3 Å². The highest BCUT2D eigenvalue weighted by Crippen LogP contribution is 2.30. The van der Waals surface area contributed by atoms with E-state index >= 15 is 0 Å². The van der Waals surface area contributed by atoms with E-state index < -0.39 is 11.6 Å². The number of carboxylic acid groups (broad SMARTS) is 1. The van der Waals surface area contributed by atoms with Crippen molar-refractivity contribution in [1.29, 1.82) is 0 Å². The summed E-state index contributed by atoms with van der Waals surface area (Å²) < 4.78 is 5.06. The third kappa shape index (κ3) is 2.02. The molecule has 0 bridgehead atoms. The molecule has 6 heteroatoms. The maximum Gasteiger partial charge on any atom is 0.337 e. The van der Waals surface area contributed by atoms with Crippen LogP contribution < -0.4 is 4.90 Å². The van der Waals surface area contributed by atoms with E-state index in [0.717, 1.165) is 0 Å². The Hall–Kier alpha value is -2.08. The van der Waals surface area contributed by atoms with Crippen molar-refractivity contribution in [2.24, 2.45) is 0 Å². The Morgan fingerprint density at radius 2 is 2.11 bits per heavy atom. The molecule has 1 aliphatic heterocycles. The molecular formula is C12H13NO5. The van der Waals surface area contributed by atoms with Crippen LogP contribution in [0.5, 0.6) is 5.75 Å². The molecule has 1 unspecified atom stereocenters. The molecule has 1 atom stereocenters. The summed E-state index contributed by atoms with van der Waals surface area (Å²) in [4.78, 5) is 24.1. The van der Waals surface area contributed by atoms with Gasteiger partial charge in [0.25, 0.3) is 5.91 Å². The normalized spacial score (nSPS) is 24.1. The number of aromatic hydroxyl groups is 1. The Labute approximate surface area is 103 Å². The lowest BCUT2D eigenvalue weighted by molar-refractivity contribution is -0.168. The summed E-state index contributed by atoms with van der Waals surface area (Å²) in [5.41, 5.74) is -1.17. The number of hydrogen-bond acceptors (Lipinski definition) is 4. The van der Waals surface area contributed by atoms with Crippen LogP contribution in [0.25, 0.3) is 0 Å². The van der Waals surface area contributed by atoms with E-state index in [0.29, 0.717) is 5.69 Å². The van der Waals surface area contributed by atoms with Crippen molar-refractivity contribution < 1.29 is 24.5 Å². The SMILES string of the molecule is CC1(C(=O)O)CN(c2ccccc2O)C(=O)CO1. The van der Waals surface area contributed by atoms with E-state index in [-0.39, 0.29) is 24.8 Å². The number of carbonyl (C=O) groups excluding carboxylic acids is 1. The van der Waals surface area contributed by atoms with Gasteiger partial charge in [0, 0.05) is 0 Å². The van der Waals surface area contributed by atoms with Crippen molar-refractivity contribution in [3.63, 3.8) is 0 Å². The Balaban J connectivity index is 2.35. The van der Waals surface area contributed by atoms with Crippen LogP contribution in [0.1, 0.15) is 6.92 Å². The molecule has 1 heterocycles. The zero-order valence-electron chi connectivity index (χ0n) is 9.79. The van der Waals surface area contributed by atoms with Crippen molar-refractivity contribution in [3.8, 4) is 5.75 Å². The minimum absolute atomic E-state index is 0.0690. The highest BCUT2D eigenvalue weighted by molar-refractivity contribution is 5.98. The van der Waals surface area contributed by atoms with Gasteiger partial charge in [-0.25, -0.2) is 4.79 Å². The Kier molecular flexibility index (Phi) is 2.96. The van der Waals surface area contributed by atoms with E-state index in [1.165, 1.54) is 17.9 Å². The molecule has 1 aromatic carbocycles. The largest absolute Gasteiger partial charge is 0.506 e. The number of carbonyl (C=O) groups is 2. The molecular weight excluding hydrogens is 238 g/mol. The van der Waals surface area contributed by atoms with Crippen molar-refractivity contribution in [1.82, 2.24) is 0 Å². The molecule has 2 rings (SSSR count). The van der Waals surface area contributed by atoms with E-state index in [1.54, 1.807) is 18.2 Å². The van der Waals surface area contributed by atoms with Crippen molar-refractivity contribution in [2.75, 3.05) is 18.1 Å². The maximum atomic E-state index is 11.8. The number of benzene rings is 1. The molecule has 2 N–H and O–H groups in total. The maximum absolute atomic E-state index is 11.8. The number of rotatable bonds is 2. The summed E-state index contributed by atoms with van der Waals surface area (Å²) in [5.74, 6) is -1.59. The number of morpholine rings is 1. The zero-order valence-corrected chi connectivity index (χ0v) is 9.79. The van der Waals surface area contributed by atoms with Gasteiger partial charge in [-0.15, -0.1) is 0 Å². The van der Waals surface area contributed by atoms with Crippen LogP contribution in [0.2, 0.25) is 0 Å². The first-order valence-electron chi connectivity index (χ1n) is 5.40. The summed E-state index contributed by atoms with van der Waals surface area (Å²) in [6.45, 7) is 0.935. The lowest BCUT2D eigenvalue weighted by Gasteiger charge is -2.37. The monoisotopic (exact) mass is 251 g/mol. The number of aliphatic carboxylic acids is 1. The van der Waals surface area contributed by atoms with Gasteiger partial charge in [-0.1, -0.05) is 12.1 Å². The zero-order chi connectivity index (χ0) is 13.3. The van der Waals surface area contributed by atoms with E-state index in [1.807, 2.05) is 0 Å². The average Bonchev–Trinajstić information content (AvgIpc) is 2.33. The first-order valence-corrected chi connectivity index (χ1v) is 5.40. The number of carboxylic acids is 1. The molecule has 96 valence electrons. The number of hydrogen-bond donors (Lipinski definition) is 2. The average molecular weight is 251 g/mol. The third-order valence-corrected chi connectivity index (χ3v) is 2.90. The minimum atomic E-state index is -1.46. The lowest BCUT2D eigenvalue weighted by Crippen LogP contribution is -2.57. The number of amides is 1. The fraction of sp³-hybridized carbons (Fsp3) is 0.333. The summed E-state index contributed by atoms with van der Waals surface area (Å²) in [7, 11) is 0. The predicted molar refractivity (Wildman–Crippen MR) is 62.5 cm³/mol. The Morgan fingerprint density at radius 1 is 1.44 bits per heavy atom. The molecule has 0 aliphatic carbocycles. The third-order valence-electron chi connectivity index (χ3n) is 2.90. The molecule has 0 aromatic heterocycles. The van der Waals surface area contributed by atoms with Crippen molar-refractivity contribution >= 4 is 17.6 Å². The van der Waals surface area contributed by atoms with E-state index in [9.17, 15) is 14.7 Å². The van der Waals surface area contributed by atoms with Crippen LogP contribution in [-0.4, -0.2) is 40.8 Å². The van der Waals surface area contributed by atoms with Gasteiger partial charge in [0.1, 0.15) is 12.4 Å². The summed E-state index contributed by atoms with van der Waals surface area (Å²) >= 11 is 0. The van der Waals surface area contributed by atoms with Gasteiger partial charge in [0.05, 0.1) is 12.2 Å². The van der Waals surface area contributed by atoms with Crippen LogP contribution in [0.3, 0.4) is 0 Å². The fourth-order valence-electron chi connectivity index (χ4n) is 1.78. The quantitative estimate of drug-likeness (QED) is 0.803. The molecule has 18 heavy (non-hydrogen) atoms. The first kappa shape index (κ1) is 12.4. The van der Waals surface area contributed by atoms with Crippen LogP contribution in [0.4, 0.5) is 5.69 Å². The summed E-state index contributed by atoms with van der Waals surface area (Å²) in [5, 5.41) is 18.8. The molecule has 0 radical (unpaired) electrons. The Morgan fingerprint density at radius 3 is 2.72 bits per heavy atom. The smallest absolute Gasteiger partial charge is 0.337 e. The predicted octanol–water partition coefficient (Wildman–Crippen LogP) is 0.599. The first-order chi connectivity index (χ1) is 8.44. The van der Waals surface area contributed by atoms with Gasteiger partial charge in [-0.3, -0.25) is 4.79 Å². The van der Waals surface area contributed by atoms with Crippen LogP contribution in [0, 0.1) is 0 Å². The molecule has 6 nitrogen and oxygen atoms in total. The fourth-order valence-corrected chi connectivity index (χ4v) is 1.78. The molecule has 1 amide bonds. The van der Waals surface area contributed by atoms with Gasteiger partial charge in [0.2, 0.25) is 0 Å². The van der Waals surface area contributed by atoms with Gasteiger partial charge < -0.3 is 19.8 Å². The number of anilines is 1. The standard InChI is InChI=1S/C12H13NO5/c1-12(11(16)17)7-13(10(15)6-18-12)8-4-2-3-5-9(8)14/h2-5,14H,6-7H2,1H3,(H,16,17). The number of nitrogens with zero attached hydrogens (tertiary/aromatic N) is 1. The van der Waals surface area contributed by atoms with Gasteiger partial charge in [0.15, 0.2) is 5.60 Å². The van der Waals surface area contributed by atoms with E-state index in [4.69, 9.17) is 9.84 Å². The second kappa shape index (κ2) is 4.30. The number of phenols is 1. The highest BCUT2D eigenvalue weighted by atomic mass is 16.5. The molecule has 0 spiro atoms. The Bertz CT molecular complexity index is 501. The van der Waals surface area contributed by atoms with Crippen LogP contribution >= 0.6 is 0 Å². The van der Waals surface area contributed by atoms with Crippen molar-refractivity contribution in [2.45, 2.75) is 12.5 Å². The topological polar surface area (TPSA) is 87.1 Å². The van der Waals surface area contributed by atoms with Gasteiger partial charge >= 0.3 is 5.97 Å². The lowest BCUT2D eigenvalue weighted by atomic mass is 10.0. The summed E-state index contributed by atoms with van der Waals surface area (Å²) in [6, 6.07) is 6.28. The molecule has 1 aromatic rings. The second-order valence-electron chi connectivity index (χ2n) is 4.29.